The van der Waals surface area contributed by atoms with Gasteiger partial charge in [-0.25, -0.2) is 4.98 Å². The lowest BCUT2D eigenvalue weighted by Gasteiger charge is -2.43. The van der Waals surface area contributed by atoms with Gasteiger partial charge in [-0.1, -0.05) is 46.9 Å². The Morgan fingerprint density at radius 3 is 2.43 bits per heavy atom. The molecular formula is C21H21Cl3N4. The number of benzene rings is 2. The molecule has 7 heteroatoms. The number of rotatable bonds is 5. The number of hydrogen-bond donors (Lipinski definition) is 0. The van der Waals surface area contributed by atoms with E-state index in [2.05, 4.69) is 31.5 Å². The number of hydrogen-bond acceptors (Lipinski definition) is 3. The summed E-state index contributed by atoms with van der Waals surface area (Å²) in [7, 11) is 0. The molecule has 0 amide bonds. The van der Waals surface area contributed by atoms with E-state index in [1.165, 1.54) is 5.56 Å². The second-order valence-corrected chi connectivity index (χ2v) is 8.24. The molecule has 146 valence electrons. The van der Waals surface area contributed by atoms with Crippen LogP contribution in [-0.2, 0) is 6.54 Å². The Morgan fingerprint density at radius 2 is 1.71 bits per heavy atom. The van der Waals surface area contributed by atoms with Gasteiger partial charge in [-0.2, -0.15) is 0 Å². The van der Waals surface area contributed by atoms with Crippen molar-refractivity contribution in [3.05, 3.63) is 81.8 Å². The van der Waals surface area contributed by atoms with Crippen LogP contribution < -0.4 is 4.90 Å². The first-order valence-electron chi connectivity index (χ1n) is 9.25. The van der Waals surface area contributed by atoms with Crippen molar-refractivity contribution >= 4 is 40.5 Å². The van der Waals surface area contributed by atoms with Crippen LogP contribution in [0.1, 0.15) is 11.6 Å². The van der Waals surface area contributed by atoms with Crippen LogP contribution in [-0.4, -0.2) is 40.6 Å². The van der Waals surface area contributed by atoms with E-state index in [0.717, 1.165) is 43.4 Å². The maximum Gasteiger partial charge on any atom is 0.0946 e. The van der Waals surface area contributed by atoms with E-state index >= 15 is 0 Å². The summed E-state index contributed by atoms with van der Waals surface area (Å²) in [6.45, 7) is 4.67. The van der Waals surface area contributed by atoms with Crippen LogP contribution in [0.25, 0.3) is 0 Å². The molecule has 1 aromatic heterocycles. The minimum Gasteiger partial charge on any atom is -0.361 e. The van der Waals surface area contributed by atoms with Crippen molar-refractivity contribution in [1.29, 1.82) is 0 Å². The molecule has 0 bridgehead atoms. The molecule has 1 atom stereocenters. The Labute approximate surface area is 180 Å². The molecule has 4 nitrogen and oxygen atoms in total. The number of piperazine rings is 1. The standard InChI is InChI=1S/C21H21Cl3N4/c22-17-3-1-16(2-4-17)21-14-26(9-10-27-8-7-25-15-27)11-12-28(21)20-6-5-18(23)13-19(20)24/h1-8,13,15,21H,9-12,14H2. The summed E-state index contributed by atoms with van der Waals surface area (Å²) >= 11 is 18.8. The average Bonchev–Trinajstić information content (AvgIpc) is 3.21. The van der Waals surface area contributed by atoms with Gasteiger partial charge < -0.3 is 9.47 Å². The lowest BCUT2D eigenvalue weighted by molar-refractivity contribution is 0.216. The van der Waals surface area contributed by atoms with Crippen LogP contribution in [0.2, 0.25) is 15.1 Å². The third-order valence-corrected chi connectivity index (χ3v) is 5.96. The third kappa shape index (κ3) is 4.47. The Kier molecular flexibility index (Phi) is 6.12. The van der Waals surface area contributed by atoms with E-state index in [-0.39, 0.29) is 6.04 Å². The van der Waals surface area contributed by atoms with Crippen LogP contribution >= 0.6 is 34.8 Å². The van der Waals surface area contributed by atoms with Gasteiger partial charge in [-0.15, -0.1) is 0 Å². The molecule has 0 spiro atoms. The third-order valence-electron chi connectivity index (χ3n) is 5.17. The van der Waals surface area contributed by atoms with Gasteiger partial charge in [0.25, 0.3) is 0 Å². The van der Waals surface area contributed by atoms with Gasteiger partial charge in [0.1, 0.15) is 0 Å². The highest BCUT2D eigenvalue weighted by Gasteiger charge is 2.29. The summed E-state index contributed by atoms with van der Waals surface area (Å²) in [5, 5.41) is 2.07. The van der Waals surface area contributed by atoms with Crippen molar-refractivity contribution in [3.8, 4) is 0 Å². The number of halogens is 3. The van der Waals surface area contributed by atoms with E-state index in [1.807, 2.05) is 49.1 Å². The molecule has 2 heterocycles. The summed E-state index contributed by atoms with van der Waals surface area (Å²) < 4.78 is 2.11. The van der Waals surface area contributed by atoms with Crippen molar-refractivity contribution < 1.29 is 0 Å². The second-order valence-electron chi connectivity index (χ2n) is 6.96. The predicted octanol–water partition coefficient (Wildman–Crippen LogP) is 5.41. The first-order chi connectivity index (χ1) is 13.6. The smallest absolute Gasteiger partial charge is 0.0946 e. The van der Waals surface area contributed by atoms with Crippen LogP contribution in [0, 0.1) is 0 Å². The molecule has 0 radical (unpaired) electrons. The summed E-state index contributed by atoms with van der Waals surface area (Å²) in [6, 6.07) is 14.0. The van der Waals surface area contributed by atoms with E-state index in [9.17, 15) is 0 Å². The van der Waals surface area contributed by atoms with Crippen molar-refractivity contribution in [2.24, 2.45) is 0 Å². The van der Waals surface area contributed by atoms with Crippen LogP contribution in [0.4, 0.5) is 5.69 Å². The fourth-order valence-electron chi connectivity index (χ4n) is 3.69. The average molecular weight is 436 g/mol. The second kappa shape index (κ2) is 8.75. The van der Waals surface area contributed by atoms with E-state index in [1.54, 1.807) is 0 Å². The molecule has 1 aliphatic heterocycles. The lowest BCUT2D eigenvalue weighted by atomic mass is 10.0. The molecule has 1 saturated heterocycles. The highest BCUT2D eigenvalue weighted by Crippen LogP contribution is 2.36. The predicted molar refractivity (Wildman–Crippen MR) is 117 cm³/mol. The van der Waals surface area contributed by atoms with Crippen molar-refractivity contribution in [2.75, 3.05) is 31.1 Å². The fourth-order valence-corrected chi connectivity index (χ4v) is 4.33. The molecule has 1 aliphatic rings. The Morgan fingerprint density at radius 1 is 0.929 bits per heavy atom. The van der Waals surface area contributed by atoms with Gasteiger partial charge >= 0.3 is 0 Å². The molecule has 1 unspecified atom stereocenters. The van der Waals surface area contributed by atoms with Crippen LogP contribution in [0.5, 0.6) is 0 Å². The normalized spacial score (nSPS) is 17.8. The largest absolute Gasteiger partial charge is 0.361 e. The van der Waals surface area contributed by atoms with Crippen LogP contribution in [0.3, 0.4) is 0 Å². The van der Waals surface area contributed by atoms with Crippen LogP contribution in [0.15, 0.2) is 61.2 Å². The van der Waals surface area contributed by atoms with Gasteiger partial charge in [-0.05, 0) is 35.9 Å². The molecule has 4 rings (SSSR count). The first-order valence-corrected chi connectivity index (χ1v) is 10.4. The van der Waals surface area contributed by atoms with Gasteiger partial charge in [0.15, 0.2) is 0 Å². The minimum atomic E-state index is 0.187. The quantitative estimate of drug-likeness (QED) is 0.536. The van der Waals surface area contributed by atoms with E-state index in [4.69, 9.17) is 34.8 Å². The number of aromatic nitrogens is 2. The van der Waals surface area contributed by atoms with Gasteiger partial charge in [0.05, 0.1) is 23.1 Å². The molecule has 0 saturated carbocycles. The Bertz CT molecular complexity index is 912. The molecule has 28 heavy (non-hydrogen) atoms. The molecule has 1 fully saturated rings. The zero-order valence-electron chi connectivity index (χ0n) is 15.3. The zero-order chi connectivity index (χ0) is 19.5. The number of anilines is 1. The van der Waals surface area contributed by atoms with Gasteiger partial charge in [0.2, 0.25) is 0 Å². The topological polar surface area (TPSA) is 24.3 Å². The Balaban J connectivity index is 1.58. The monoisotopic (exact) mass is 434 g/mol. The number of imidazole rings is 1. The summed E-state index contributed by atoms with van der Waals surface area (Å²) in [6.07, 6.45) is 5.68. The summed E-state index contributed by atoms with van der Waals surface area (Å²) in [5.41, 5.74) is 2.24. The SMILES string of the molecule is Clc1ccc(C2CN(CCn3ccnc3)CCN2c2ccc(Cl)cc2Cl)cc1. The lowest BCUT2D eigenvalue weighted by Crippen LogP contribution is -2.49. The zero-order valence-corrected chi connectivity index (χ0v) is 17.6. The molecule has 0 N–H and O–H groups in total. The minimum absolute atomic E-state index is 0.187. The maximum absolute atomic E-state index is 6.53. The van der Waals surface area contributed by atoms with Crippen molar-refractivity contribution in [3.63, 3.8) is 0 Å². The summed E-state index contributed by atoms with van der Waals surface area (Å²) in [4.78, 5) is 8.98. The molecular weight excluding hydrogens is 415 g/mol. The molecule has 3 aromatic rings. The highest BCUT2D eigenvalue weighted by atomic mass is 35.5. The molecule has 2 aromatic carbocycles. The summed E-state index contributed by atoms with van der Waals surface area (Å²) in [5.74, 6) is 0. The van der Waals surface area contributed by atoms with E-state index in [0.29, 0.717) is 10.0 Å². The number of nitrogens with zero attached hydrogens (tertiary/aromatic N) is 4. The Hall–Kier alpha value is -1.72. The maximum atomic E-state index is 6.53. The first kappa shape index (κ1) is 19.6. The molecule has 0 aliphatic carbocycles. The van der Waals surface area contributed by atoms with E-state index < -0.39 is 0 Å². The highest BCUT2D eigenvalue weighted by molar-refractivity contribution is 6.36. The fraction of sp³-hybridized carbons (Fsp3) is 0.286. The van der Waals surface area contributed by atoms with Crippen molar-refractivity contribution in [2.45, 2.75) is 12.6 Å². The van der Waals surface area contributed by atoms with Crippen molar-refractivity contribution in [1.82, 2.24) is 14.5 Å². The van der Waals surface area contributed by atoms with Gasteiger partial charge in [-0.3, -0.25) is 4.90 Å². The van der Waals surface area contributed by atoms with Gasteiger partial charge in [0, 0.05) is 55.2 Å².